The molecule has 5 nitrogen and oxygen atoms in total. The lowest BCUT2D eigenvalue weighted by atomic mass is 10.0. The summed E-state index contributed by atoms with van der Waals surface area (Å²) >= 11 is 3.35. The third kappa shape index (κ3) is 4.30. The highest BCUT2D eigenvalue weighted by atomic mass is 79.9. The normalized spacial score (nSPS) is 10.3. The topological polar surface area (TPSA) is 83.5 Å². The molecular weight excluding hydrogens is 410 g/mol. The summed E-state index contributed by atoms with van der Waals surface area (Å²) in [5, 5.41) is 11.7. The van der Waals surface area contributed by atoms with E-state index in [4.69, 9.17) is 5.11 Å². The molecule has 0 bridgehead atoms. The van der Waals surface area contributed by atoms with Gasteiger partial charge in [-0.3, -0.25) is 9.59 Å². The van der Waals surface area contributed by atoms with Crippen molar-refractivity contribution < 1.29 is 19.5 Å². The van der Waals surface area contributed by atoms with Gasteiger partial charge in [0, 0.05) is 21.2 Å². The van der Waals surface area contributed by atoms with Crippen molar-refractivity contribution in [2.75, 3.05) is 5.32 Å². The van der Waals surface area contributed by atoms with Gasteiger partial charge < -0.3 is 10.4 Å². The second-order valence-electron chi connectivity index (χ2n) is 5.72. The Bertz CT molecular complexity index is 1010. The van der Waals surface area contributed by atoms with Crippen LogP contribution in [0.4, 0.5) is 5.69 Å². The van der Waals surface area contributed by atoms with Crippen molar-refractivity contribution in [3.63, 3.8) is 0 Å². The summed E-state index contributed by atoms with van der Waals surface area (Å²) in [4.78, 5) is 36.2. The van der Waals surface area contributed by atoms with Crippen LogP contribution in [-0.2, 0) is 0 Å². The van der Waals surface area contributed by atoms with E-state index in [-0.39, 0.29) is 11.3 Å². The number of aromatic carboxylic acids is 1. The van der Waals surface area contributed by atoms with E-state index in [1.54, 1.807) is 42.5 Å². The smallest absolute Gasteiger partial charge is 0.335 e. The number of ketones is 1. The summed E-state index contributed by atoms with van der Waals surface area (Å²) in [7, 11) is 0. The molecule has 0 radical (unpaired) electrons. The maximum absolute atomic E-state index is 12.8. The van der Waals surface area contributed by atoms with Crippen LogP contribution in [0.15, 0.2) is 77.3 Å². The van der Waals surface area contributed by atoms with Gasteiger partial charge in [-0.2, -0.15) is 0 Å². The maximum Gasteiger partial charge on any atom is 0.335 e. The summed E-state index contributed by atoms with van der Waals surface area (Å²) in [6.45, 7) is 0. The van der Waals surface area contributed by atoms with Gasteiger partial charge in [-0.15, -0.1) is 0 Å². The Labute approximate surface area is 163 Å². The lowest BCUT2D eigenvalue weighted by Crippen LogP contribution is -2.15. The zero-order chi connectivity index (χ0) is 19.4. The number of benzene rings is 3. The van der Waals surface area contributed by atoms with Gasteiger partial charge >= 0.3 is 5.97 Å². The van der Waals surface area contributed by atoms with E-state index in [1.165, 1.54) is 24.3 Å². The minimum atomic E-state index is -1.06. The molecule has 0 fully saturated rings. The molecule has 0 saturated carbocycles. The standard InChI is InChI=1S/C21H14BrNO4/c22-16-10-11-18(17(12-16)19(24)13-4-2-1-3-5-13)23-20(25)14-6-8-15(9-7-14)21(26)27/h1-12H,(H,23,25)(H,26,27). The summed E-state index contributed by atoms with van der Waals surface area (Å²) in [5.41, 5.74) is 1.62. The largest absolute Gasteiger partial charge is 0.478 e. The van der Waals surface area contributed by atoms with Gasteiger partial charge in [0.15, 0.2) is 5.78 Å². The van der Waals surface area contributed by atoms with Gasteiger partial charge in [0.25, 0.3) is 5.91 Å². The zero-order valence-corrected chi connectivity index (χ0v) is 15.6. The molecule has 6 heteroatoms. The average Bonchev–Trinajstić information content (AvgIpc) is 2.69. The zero-order valence-electron chi connectivity index (χ0n) is 14.0. The Hall–Kier alpha value is -3.25. The number of carbonyl (C=O) groups is 3. The third-order valence-electron chi connectivity index (χ3n) is 3.90. The monoisotopic (exact) mass is 423 g/mol. The van der Waals surface area contributed by atoms with Gasteiger partial charge in [0.2, 0.25) is 0 Å². The second kappa shape index (κ2) is 7.97. The molecule has 3 aromatic carbocycles. The van der Waals surface area contributed by atoms with E-state index in [0.29, 0.717) is 26.9 Å². The molecular formula is C21H14BrNO4. The number of rotatable bonds is 5. The quantitative estimate of drug-likeness (QED) is 0.585. The third-order valence-corrected chi connectivity index (χ3v) is 4.40. The van der Waals surface area contributed by atoms with Crippen LogP contribution >= 0.6 is 15.9 Å². The van der Waals surface area contributed by atoms with Crippen molar-refractivity contribution >= 4 is 39.3 Å². The summed E-state index contributed by atoms with van der Waals surface area (Å²) in [6, 6.07) is 19.4. The first kappa shape index (κ1) is 18.5. The molecule has 0 saturated heterocycles. The van der Waals surface area contributed by atoms with Crippen LogP contribution in [0.5, 0.6) is 0 Å². The fourth-order valence-corrected chi connectivity index (χ4v) is 2.88. The van der Waals surface area contributed by atoms with Crippen LogP contribution in [0, 0.1) is 0 Å². The predicted molar refractivity (Wildman–Crippen MR) is 105 cm³/mol. The molecule has 0 aliphatic carbocycles. The molecule has 0 spiro atoms. The van der Waals surface area contributed by atoms with Gasteiger partial charge in [-0.25, -0.2) is 4.79 Å². The lowest BCUT2D eigenvalue weighted by Gasteiger charge is -2.11. The first-order chi connectivity index (χ1) is 13.0. The van der Waals surface area contributed by atoms with Crippen molar-refractivity contribution in [1.82, 2.24) is 0 Å². The Kier molecular flexibility index (Phi) is 5.47. The Morgan fingerprint density at radius 3 is 2.04 bits per heavy atom. The maximum atomic E-state index is 12.8. The fourth-order valence-electron chi connectivity index (χ4n) is 2.52. The SMILES string of the molecule is O=C(O)c1ccc(C(=O)Nc2ccc(Br)cc2C(=O)c2ccccc2)cc1. The number of amides is 1. The molecule has 2 N–H and O–H groups in total. The van der Waals surface area contributed by atoms with Crippen molar-refractivity contribution in [2.45, 2.75) is 0 Å². The van der Waals surface area contributed by atoms with Crippen LogP contribution in [0.2, 0.25) is 0 Å². The minimum absolute atomic E-state index is 0.0927. The van der Waals surface area contributed by atoms with E-state index >= 15 is 0 Å². The highest BCUT2D eigenvalue weighted by Crippen LogP contribution is 2.24. The van der Waals surface area contributed by atoms with Gasteiger partial charge in [0.1, 0.15) is 0 Å². The van der Waals surface area contributed by atoms with Gasteiger partial charge in [-0.05, 0) is 42.5 Å². The number of hydrogen-bond acceptors (Lipinski definition) is 3. The van der Waals surface area contributed by atoms with Crippen molar-refractivity contribution in [1.29, 1.82) is 0 Å². The molecule has 1 amide bonds. The van der Waals surface area contributed by atoms with Crippen LogP contribution in [0.25, 0.3) is 0 Å². The van der Waals surface area contributed by atoms with Crippen LogP contribution < -0.4 is 5.32 Å². The molecule has 0 atom stereocenters. The summed E-state index contributed by atoms with van der Waals surface area (Å²) in [6.07, 6.45) is 0. The summed E-state index contributed by atoms with van der Waals surface area (Å²) in [5.74, 6) is -1.71. The molecule has 3 aromatic rings. The number of carboxylic acids is 1. The van der Waals surface area contributed by atoms with Crippen molar-refractivity contribution in [2.24, 2.45) is 0 Å². The first-order valence-corrected chi connectivity index (χ1v) is 8.79. The van der Waals surface area contributed by atoms with Crippen LogP contribution in [0.1, 0.15) is 36.6 Å². The lowest BCUT2D eigenvalue weighted by molar-refractivity contribution is 0.0696. The minimum Gasteiger partial charge on any atom is -0.478 e. The average molecular weight is 424 g/mol. The van der Waals surface area contributed by atoms with Gasteiger partial charge in [-0.1, -0.05) is 46.3 Å². The first-order valence-electron chi connectivity index (χ1n) is 8.00. The van der Waals surface area contributed by atoms with E-state index < -0.39 is 11.9 Å². The molecule has 0 aliphatic rings. The fraction of sp³-hybridized carbons (Fsp3) is 0. The number of anilines is 1. The molecule has 134 valence electrons. The van der Waals surface area contributed by atoms with E-state index in [0.717, 1.165) is 0 Å². The van der Waals surface area contributed by atoms with E-state index in [1.807, 2.05) is 6.07 Å². The number of carboxylic acid groups (broad SMARTS) is 1. The molecule has 0 aromatic heterocycles. The predicted octanol–water partition coefficient (Wildman–Crippen LogP) is 4.63. The molecule has 0 unspecified atom stereocenters. The highest BCUT2D eigenvalue weighted by molar-refractivity contribution is 9.10. The number of halogens is 1. The second-order valence-corrected chi connectivity index (χ2v) is 6.64. The number of carbonyl (C=O) groups excluding carboxylic acids is 2. The Balaban J connectivity index is 1.89. The molecule has 27 heavy (non-hydrogen) atoms. The van der Waals surface area contributed by atoms with Crippen molar-refractivity contribution in [3.8, 4) is 0 Å². The number of hydrogen-bond donors (Lipinski definition) is 2. The van der Waals surface area contributed by atoms with Crippen LogP contribution in [-0.4, -0.2) is 22.8 Å². The van der Waals surface area contributed by atoms with Crippen molar-refractivity contribution in [3.05, 3.63) is 99.5 Å². The molecule has 0 aliphatic heterocycles. The van der Waals surface area contributed by atoms with E-state index in [2.05, 4.69) is 21.2 Å². The summed E-state index contributed by atoms with van der Waals surface area (Å²) < 4.78 is 0.714. The van der Waals surface area contributed by atoms with Gasteiger partial charge in [0.05, 0.1) is 11.3 Å². The van der Waals surface area contributed by atoms with E-state index in [9.17, 15) is 14.4 Å². The molecule has 0 heterocycles. The Morgan fingerprint density at radius 1 is 0.778 bits per heavy atom. The van der Waals surface area contributed by atoms with Crippen LogP contribution in [0.3, 0.4) is 0 Å². The Morgan fingerprint density at radius 2 is 1.41 bits per heavy atom. The molecule has 3 rings (SSSR count). The highest BCUT2D eigenvalue weighted by Gasteiger charge is 2.17. The number of nitrogens with one attached hydrogen (secondary N) is 1.